The molecule has 1 saturated heterocycles. The van der Waals surface area contributed by atoms with Gasteiger partial charge in [-0.15, -0.1) is 5.10 Å². The van der Waals surface area contributed by atoms with E-state index < -0.39 is 29.8 Å². The second-order valence-corrected chi connectivity index (χ2v) is 5.64. The van der Waals surface area contributed by atoms with Gasteiger partial charge in [0, 0.05) is 19.5 Å². The summed E-state index contributed by atoms with van der Waals surface area (Å²) in [5, 5.41) is 7.23. The lowest BCUT2D eigenvalue weighted by atomic mass is 10.1. The minimum Gasteiger partial charge on any atom is -0.342 e. The van der Waals surface area contributed by atoms with E-state index in [0.29, 0.717) is 12.5 Å². The van der Waals surface area contributed by atoms with Crippen molar-refractivity contribution in [1.29, 1.82) is 0 Å². The molecule has 2 aliphatic rings. The summed E-state index contributed by atoms with van der Waals surface area (Å²) in [7, 11) is 0. The van der Waals surface area contributed by atoms with Crippen LogP contribution in [-0.2, 0) is 15.8 Å². The average Bonchev–Trinajstić information content (AvgIpc) is 2.96. The van der Waals surface area contributed by atoms with Crippen LogP contribution in [0, 0.1) is 11.8 Å². The van der Waals surface area contributed by atoms with Gasteiger partial charge in [-0.25, -0.2) is 0 Å². The molecule has 2 fully saturated rings. The number of alkyl halides is 3. The van der Waals surface area contributed by atoms with Crippen molar-refractivity contribution in [3.05, 3.63) is 5.82 Å². The van der Waals surface area contributed by atoms with Crippen molar-refractivity contribution in [1.82, 2.24) is 20.1 Å². The Bertz CT molecular complexity index is 596. The number of H-pyrrole nitrogens is 1. The molecule has 1 aromatic rings. The summed E-state index contributed by atoms with van der Waals surface area (Å²) in [6.45, 7) is 0.944. The highest BCUT2D eigenvalue weighted by molar-refractivity contribution is 5.96. The molecule has 2 amide bonds. The van der Waals surface area contributed by atoms with Crippen molar-refractivity contribution >= 4 is 17.8 Å². The fourth-order valence-electron chi connectivity index (χ4n) is 2.39. The lowest BCUT2D eigenvalue weighted by molar-refractivity contribution is -0.144. The summed E-state index contributed by atoms with van der Waals surface area (Å²) < 4.78 is 37.1. The Kier molecular flexibility index (Phi) is 3.53. The van der Waals surface area contributed by atoms with Crippen molar-refractivity contribution in [2.24, 2.45) is 11.8 Å². The SMILES string of the molecule is O=C(Nc1n[nH]c(C(F)(F)F)n1)[C@@H]1CC(=O)N(CC2CC2)C1. The van der Waals surface area contributed by atoms with Gasteiger partial charge in [0.25, 0.3) is 0 Å². The first kappa shape index (κ1) is 14.8. The van der Waals surface area contributed by atoms with Crippen LogP contribution in [0.5, 0.6) is 0 Å². The smallest absolute Gasteiger partial charge is 0.342 e. The van der Waals surface area contributed by atoms with E-state index in [1.165, 1.54) is 0 Å². The topological polar surface area (TPSA) is 91.0 Å². The highest BCUT2D eigenvalue weighted by Gasteiger charge is 2.38. The predicted octanol–water partition coefficient (Wildman–Crippen LogP) is 1.02. The number of hydrogen-bond acceptors (Lipinski definition) is 4. The molecule has 0 spiro atoms. The number of nitrogens with one attached hydrogen (secondary N) is 2. The van der Waals surface area contributed by atoms with Gasteiger partial charge in [0.1, 0.15) is 0 Å². The molecular weight excluding hydrogens is 303 g/mol. The van der Waals surface area contributed by atoms with Gasteiger partial charge in [-0.05, 0) is 18.8 Å². The molecule has 120 valence electrons. The number of aromatic amines is 1. The Morgan fingerprint density at radius 1 is 1.41 bits per heavy atom. The molecule has 7 nitrogen and oxygen atoms in total. The Hall–Kier alpha value is -2.13. The number of likely N-dealkylation sites (tertiary alicyclic amines) is 1. The molecule has 1 aliphatic heterocycles. The van der Waals surface area contributed by atoms with Gasteiger partial charge in [0.2, 0.25) is 23.6 Å². The maximum atomic E-state index is 12.4. The second-order valence-electron chi connectivity index (χ2n) is 5.64. The fourth-order valence-corrected chi connectivity index (χ4v) is 2.39. The van der Waals surface area contributed by atoms with Gasteiger partial charge in [-0.2, -0.15) is 18.2 Å². The summed E-state index contributed by atoms with van der Waals surface area (Å²) in [5.74, 6) is -2.42. The van der Waals surface area contributed by atoms with Crippen LogP contribution in [0.2, 0.25) is 0 Å². The third kappa shape index (κ3) is 3.20. The van der Waals surface area contributed by atoms with Crippen molar-refractivity contribution in [3.8, 4) is 0 Å². The molecule has 2 heterocycles. The monoisotopic (exact) mass is 317 g/mol. The molecule has 1 atom stereocenters. The second kappa shape index (κ2) is 5.25. The Morgan fingerprint density at radius 2 is 2.14 bits per heavy atom. The van der Waals surface area contributed by atoms with Crippen molar-refractivity contribution in [2.45, 2.75) is 25.4 Å². The van der Waals surface area contributed by atoms with E-state index >= 15 is 0 Å². The maximum Gasteiger partial charge on any atom is 0.451 e. The fraction of sp³-hybridized carbons (Fsp3) is 0.667. The molecule has 0 radical (unpaired) electrons. The first-order valence-corrected chi connectivity index (χ1v) is 6.91. The van der Waals surface area contributed by atoms with E-state index in [2.05, 4.69) is 15.4 Å². The van der Waals surface area contributed by atoms with Crippen LogP contribution in [0.4, 0.5) is 19.1 Å². The predicted molar refractivity (Wildman–Crippen MR) is 67.4 cm³/mol. The number of nitrogens with zero attached hydrogens (tertiary/aromatic N) is 3. The minimum absolute atomic E-state index is 0.0646. The number of aromatic nitrogens is 3. The number of amides is 2. The minimum atomic E-state index is -4.65. The Labute approximate surface area is 123 Å². The summed E-state index contributed by atoms with van der Waals surface area (Å²) >= 11 is 0. The molecule has 1 aliphatic carbocycles. The molecule has 2 N–H and O–H groups in total. The van der Waals surface area contributed by atoms with E-state index in [0.717, 1.165) is 12.8 Å². The summed E-state index contributed by atoms with van der Waals surface area (Å²) in [4.78, 5) is 28.6. The molecule has 1 saturated carbocycles. The van der Waals surface area contributed by atoms with Gasteiger partial charge in [0.15, 0.2) is 0 Å². The van der Waals surface area contributed by atoms with Crippen molar-refractivity contribution in [2.75, 3.05) is 18.4 Å². The molecule has 10 heteroatoms. The van der Waals surface area contributed by atoms with E-state index in [-0.39, 0.29) is 18.9 Å². The Morgan fingerprint density at radius 3 is 2.73 bits per heavy atom. The number of anilines is 1. The zero-order valence-electron chi connectivity index (χ0n) is 11.5. The van der Waals surface area contributed by atoms with Crippen LogP contribution < -0.4 is 5.32 Å². The van der Waals surface area contributed by atoms with Gasteiger partial charge in [0.05, 0.1) is 5.92 Å². The first-order valence-electron chi connectivity index (χ1n) is 6.91. The van der Waals surface area contributed by atoms with Gasteiger partial charge in [-0.3, -0.25) is 20.0 Å². The third-order valence-corrected chi connectivity index (χ3v) is 3.75. The van der Waals surface area contributed by atoms with E-state index in [1.807, 2.05) is 0 Å². The number of carbonyl (C=O) groups excluding carboxylic acids is 2. The highest BCUT2D eigenvalue weighted by atomic mass is 19.4. The molecule has 0 aromatic carbocycles. The number of carbonyl (C=O) groups is 2. The molecule has 22 heavy (non-hydrogen) atoms. The van der Waals surface area contributed by atoms with Gasteiger partial charge < -0.3 is 4.90 Å². The van der Waals surface area contributed by atoms with Crippen molar-refractivity contribution < 1.29 is 22.8 Å². The Balaban J connectivity index is 1.58. The lowest BCUT2D eigenvalue weighted by Gasteiger charge is -2.15. The third-order valence-electron chi connectivity index (χ3n) is 3.75. The standard InChI is InChI=1S/C12H14F3N5O2/c13-12(14,15)10-17-11(19-18-10)16-9(22)7-3-8(21)20(5-7)4-6-1-2-6/h6-7H,1-5H2,(H2,16,17,18,19,22)/t7-/m1/s1. The lowest BCUT2D eigenvalue weighted by Crippen LogP contribution is -2.30. The number of hydrogen-bond donors (Lipinski definition) is 2. The molecule has 0 bridgehead atoms. The molecular formula is C12H14F3N5O2. The van der Waals surface area contributed by atoms with Gasteiger partial charge >= 0.3 is 6.18 Å². The van der Waals surface area contributed by atoms with Crippen LogP contribution in [0.3, 0.4) is 0 Å². The summed E-state index contributed by atoms with van der Waals surface area (Å²) in [5.41, 5.74) is 0. The molecule has 0 unspecified atom stereocenters. The summed E-state index contributed by atoms with van der Waals surface area (Å²) in [6, 6.07) is 0. The van der Waals surface area contributed by atoms with Crippen LogP contribution in [-0.4, -0.2) is 45.0 Å². The van der Waals surface area contributed by atoms with E-state index in [4.69, 9.17) is 0 Å². The quantitative estimate of drug-likeness (QED) is 0.867. The number of halogens is 3. The highest BCUT2D eigenvalue weighted by Crippen LogP contribution is 2.32. The zero-order chi connectivity index (χ0) is 15.9. The van der Waals surface area contributed by atoms with Crippen LogP contribution in [0.25, 0.3) is 0 Å². The van der Waals surface area contributed by atoms with Crippen LogP contribution >= 0.6 is 0 Å². The van der Waals surface area contributed by atoms with Crippen LogP contribution in [0.15, 0.2) is 0 Å². The summed E-state index contributed by atoms with van der Waals surface area (Å²) in [6.07, 6.45) is -2.40. The first-order chi connectivity index (χ1) is 10.3. The molecule has 3 rings (SSSR count). The van der Waals surface area contributed by atoms with Crippen LogP contribution in [0.1, 0.15) is 25.1 Å². The van der Waals surface area contributed by atoms with Crippen molar-refractivity contribution in [3.63, 3.8) is 0 Å². The number of rotatable bonds is 4. The maximum absolute atomic E-state index is 12.4. The normalized spacial score (nSPS) is 22.2. The molecule has 1 aromatic heterocycles. The zero-order valence-corrected chi connectivity index (χ0v) is 11.5. The van der Waals surface area contributed by atoms with E-state index in [1.54, 1.807) is 10.00 Å². The largest absolute Gasteiger partial charge is 0.451 e. The average molecular weight is 317 g/mol. The van der Waals surface area contributed by atoms with E-state index in [9.17, 15) is 22.8 Å². The van der Waals surface area contributed by atoms with Gasteiger partial charge in [-0.1, -0.05) is 0 Å².